The van der Waals surface area contributed by atoms with Gasteiger partial charge in [0.05, 0.1) is 6.26 Å². The number of allylic oxidation sites excluding steroid dienone is 1. The molecule has 0 N–H and O–H groups in total. The van der Waals surface area contributed by atoms with E-state index in [9.17, 15) is 13.2 Å². The fourth-order valence-electron chi connectivity index (χ4n) is 3.12. The molecule has 0 aromatic heterocycles. The van der Waals surface area contributed by atoms with E-state index in [2.05, 4.69) is 6.08 Å². The van der Waals surface area contributed by atoms with Crippen molar-refractivity contribution < 1.29 is 13.2 Å². The number of nitrogens with zero attached hydrogens (tertiary/aromatic N) is 2. The zero-order valence-corrected chi connectivity index (χ0v) is 13.9. The van der Waals surface area contributed by atoms with Gasteiger partial charge in [0.1, 0.15) is 0 Å². The zero-order valence-electron chi connectivity index (χ0n) is 13.0. The minimum atomic E-state index is -3.14. The maximum absolute atomic E-state index is 12.3. The maximum atomic E-state index is 12.3. The first-order valence-corrected chi connectivity index (χ1v) is 9.61. The Kier molecular flexibility index (Phi) is 5.43. The van der Waals surface area contributed by atoms with E-state index in [0.717, 1.165) is 25.7 Å². The predicted octanol–water partition coefficient (Wildman–Crippen LogP) is 1.76. The van der Waals surface area contributed by atoms with Gasteiger partial charge >= 0.3 is 0 Å². The van der Waals surface area contributed by atoms with Crippen molar-refractivity contribution in [2.75, 3.05) is 26.4 Å². The molecule has 1 heterocycles. The van der Waals surface area contributed by atoms with Crippen LogP contribution in [-0.4, -0.2) is 56.0 Å². The number of carbonyl (C=O) groups is 1. The summed E-state index contributed by atoms with van der Waals surface area (Å²) in [5, 5.41) is 0. The summed E-state index contributed by atoms with van der Waals surface area (Å²) in [5.41, 5.74) is 1.28. The Morgan fingerprint density at radius 1 is 1.33 bits per heavy atom. The highest BCUT2D eigenvalue weighted by molar-refractivity contribution is 7.88. The van der Waals surface area contributed by atoms with Crippen molar-refractivity contribution in [2.45, 2.75) is 51.0 Å². The van der Waals surface area contributed by atoms with Crippen molar-refractivity contribution in [3.05, 3.63) is 11.6 Å². The molecule has 1 fully saturated rings. The largest absolute Gasteiger partial charge is 0.342 e. The molecule has 0 unspecified atom stereocenters. The quantitative estimate of drug-likeness (QED) is 0.743. The standard InChI is InChI=1S/C15H26N2O3S/c1-16(21(2,19)20)14-8-10-17(11-9-14)15(18)12-13-6-4-3-5-7-13/h6,14H,3-5,7-12H2,1-2H3. The summed E-state index contributed by atoms with van der Waals surface area (Å²) < 4.78 is 24.5. The first-order chi connectivity index (χ1) is 9.88. The minimum Gasteiger partial charge on any atom is -0.342 e. The molecule has 120 valence electrons. The molecule has 0 saturated carbocycles. The van der Waals surface area contributed by atoms with Crippen LogP contribution in [-0.2, 0) is 14.8 Å². The second-order valence-electron chi connectivity index (χ2n) is 6.18. The number of carbonyl (C=O) groups excluding carboxylic acids is 1. The topological polar surface area (TPSA) is 57.7 Å². The highest BCUT2D eigenvalue weighted by atomic mass is 32.2. The van der Waals surface area contributed by atoms with Gasteiger partial charge in [-0.25, -0.2) is 12.7 Å². The van der Waals surface area contributed by atoms with Crippen LogP contribution < -0.4 is 0 Å². The second-order valence-corrected chi connectivity index (χ2v) is 8.22. The van der Waals surface area contributed by atoms with Crippen molar-refractivity contribution in [3.63, 3.8) is 0 Å². The highest BCUT2D eigenvalue weighted by Crippen LogP contribution is 2.23. The van der Waals surface area contributed by atoms with E-state index in [4.69, 9.17) is 0 Å². The van der Waals surface area contributed by atoms with Crippen molar-refractivity contribution in [3.8, 4) is 0 Å². The smallest absolute Gasteiger partial charge is 0.226 e. The Labute approximate surface area is 128 Å². The molecule has 0 aromatic carbocycles. The van der Waals surface area contributed by atoms with Gasteiger partial charge in [-0.3, -0.25) is 4.79 Å². The molecule has 5 nitrogen and oxygen atoms in total. The summed E-state index contributed by atoms with van der Waals surface area (Å²) in [7, 11) is -1.51. The highest BCUT2D eigenvalue weighted by Gasteiger charge is 2.29. The van der Waals surface area contributed by atoms with E-state index in [0.29, 0.717) is 19.5 Å². The fourth-order valence-corrected chi connectivity index (χ4v) is 3.87. The third-order valence-corrected chi connectivity index (χ3v) is 5.96. The van der Waals surface area contributed by atoms with E-state index in [1.807, 2.05) is 4.90 Å². The zero-order chi connectivity index (χ0) is 15.5. The van der Waals surface area contributed by atoms with Crippen LogP contribution in [0.2, 0.25) is 0 Å². The van der Waals surface area contributed by atoms with Gasteiger partial charge in [-0.1, -0.05) is 11.6 Å². The van der Waals surface area contributed by atoms with Gasteiger partial charge in [-0.05, 0) is 38.5 Å². The molecule has 0 radical (unpaired) electrons. The third kappa shape index (κ3) is 4.54. The van der Waals surface area contributed by atoms with Gasteiger partial charge in [-0.15, -0.1) is 0 Å². The molecule has 6 heteroatoms. The molecule has 21 heavy (non-hydrogen) atoms. The van der Waals surface area contributed by atoms with Gasteiger partial charge < -0.3 is 4.90 Å². The lowest BCUT2D eigenvalue weighted by Crippen LogP contribution is -2.47. The number of hydrogen-bond donors (Lipinski definition) is 0. The number of sulfonamides is 1. The van der Waals surface area contributed by atoms with Crippen LogP contribution in [0.15, 0.2) is 11.6 Å². The first kappa shape index (κ1) is 16.5. The monoisotopic (exact) mass is 314 g/mol. The number of rotatable bonds is 4. The molecule has 1 aliphatic heterocycles. The first-order valence-electron chi connectivity index (χ1n) is 7.76. The molecule has 0 bridgehead atoms. The van der Waals surface area contributed by atoms with Crippen LogP contribution >= 0.6 is 0 Å². The number of amides is 1. The van der Waals surface area contributed by atoms with Crippen LogP contribution in [0.5, 0.6) is 0 Å². The molecule has 1 saturated heterocycles. The molecular formula is C15H26N2O3S. The van der Waals surface area contributed by atoms with Crippen LogP contribution in [0.3, 0.4) is 0 Å². The molecular weight excluding hydrogens is 288 g/mol. The lowest BCUT2D eigenvalue weighted by atomic mass is 9.96. The fraction of sp³-hybridized carbons (Fsp3) is 0.800. The number of hydrogen-bond acceptors (Lipinski definition) is 3. The van der Waals surface area contributed by atoms with Crippen molar-refractivity contribution in [1.29, 1.82) is 0 Å². The Balaban J connectivity index is 1.83. The van der Waals surface area contributed by atoms with E-state index < -0.39 is 10.0 Å². The Morgan fingerprint density at radius 2 is 2.00 bits per heavy atom. The lowest BCUT2D eigenvalue weighted by Gasteiger charge is -2.36. The van der Waals surface area contributed by atoms with Crippen molar-refractivity contribution >= 4 is 15.9 Å². The van der Waals surface area contributed by atoms with Gasteiger partial charge in [0.15, 0.2) is 0 Å². The molecule has 1 aliphatic carbocycles. The summed E-state index contributed by atoms with van der Waals surface area (Å²) in [5.74, 6) is 0.198. The van der Waals surface area contributed by atoms with Crippen LogP contribution in [0, 0.1) is 0 Å². The normalized spacial score (nSPS) is 21.5. The van der Waals surface area contributed by atoms with Crippen LogP contribution in [0.25, 0.3) is 0 Å². The number of piperidine rings is 1. The summed E-state index contributed by atoms with van der Waals surface area (Å²) in [6.45, 7) is 1.33. The van der Waals surface area contributed by atoms with Crippen LogP contribution in [0.1, 0.15) is 44.9 Å². The van der Waals surface area contributed by atoms with Gasteiger partial charge in [0.2, 0.25) is 15.9 Å². The average molecular weight is 314 g/mol. The molecule has 2 aliphatic rings. The molecule has 2 rings (SSSR count). The summed E-state index contributed by atoms with van der Waals surface area (Å²) in [6.07, 6.45) is 10.0. The van der Waals surface area contributed by atoms with Gasteiger partial charge in [0, 0.05) is 32.6 Å². The van der Waals surface area contributed by atoms with Gasteiger partial charge in [-0.2, -0.15) is 0 Å². The second kappa shape index (κ2) is 6.92. The summed E-state index contributed by atoms with van der Waals surface area (Å²) in [4.78, 5) is 14.2. The molecule has 0 aromatic rings. The van der Waals surface area contributed by atoms with Crippen molar-refractivity contribution in [1.82, 2.24) is 9.21 Å². The number of likely N-dealkylation sites (tertiary alicyclic amines) is 1. The Morgan fingerprint density at radius 3 is 2.52 bits per heavy atom. The maximum Gasteiger partial charge on any atom is 0.226 e. The molecule has 1 amide bonds. The lowest BCUT2D eigenvalue weighted by molar-refractivity contribution is -0.131. The minimum absolute atomic E-state index is 0.0259. The third-order valence-electron chi connectivity index (χ3n) is 4.62. The Bertz CT molecular complexity index is 505. The van der Waals surface area contributed by atoms with Crippen molar-refractivity contribution in [2.24, 2.45) is 0 Å². The van der Waals surface area contributed by atoms with E-state index in [-0.39, 0.29) is 11.9 Å². The average Bonchev–Trinajstić information content (AvgIpc) is 2.46. The molecule has 0 spiro atoms. The summed E-state index contributed by atoms with van der Waals surface area (Å²) in [6, 6.07) is 0.0259. The van der Waals surface area contributed by atoms with E-state index in [1.165, 1.54) is 29.0 Å². The van der Waals surface area contributed by atoms with Crippen LogP contribution in [0.4, 0.5) is 0 Å². The van der Waals surface area contributed by atoms with E-state index in [1.54, 1.807) is 7.05 Å². The molecule has 0 atom stereocenters. The SMILES string of the molecule is CN(C1CCN(C(=O)CC2=CCCCC2)CC1)S(C)(=O)=O. The van der Waals surface area contributed by atoms with Gasteiger partial charge in [0.25, 0.3) is 0 Å². The predicted molar refractivity (Wildman–Crippen MR) is 83.4 cm³/mol. The van der Waals surface area contributed by atoms with E-state index >= 15 is 0 Å². The summed E-state index contributed by atoms with van der Waals surface area (Å²) >= 11 is 0. The Hall–Kier alpha value is -0.880.